The van der Waals surface area contributed by atoms with Gasteiger partial charge in [0.15, 0.2) is 6.10 Å². The summed E-state index contributed by atoms with van der Waals surface area (Å²) < 4.78 is 11.7. The van der Waals surface area contributed by atoms with Gasteiger partial charge in [-0.2, -0.15) is 0 Å². The molecule has 0 aromatic heterocycles. The summed E-state index contributed by atoms with van der Waals surface area (Å²) in [5.41, 5.74) is 4.10. The van der Waals surface area contributed by atoms with Crippen molar-refractivity contribution in [1.82, 2.24) is 5.32 Å². The van der Waals surface area contributed by atoms with E-state index in [-0.39, 0.29) is 5.91 Å². The molecule has 1 amide bonds. The highest BCUT2D eigenvalue weighted by molar-refractivity contribution is 5.81. The van der Waals surface area contributed by atoms with Crippen molar-refractivity contribution in [2.24, 2.45) is 0 Å². The van der Waals surface area contributed by atoms with Crippen LogP contribution in [0.1, 0.15) is 56.2 Å². The predicted molar refractivity (Wildman–Crippen MR) is 117 cm³/mol. The van der Waals surface area contributed by atoms with E-state index in [9.17, 15) is 4.79 Å². The maximum absolute atomic E-state index is 12.5. The topological polar surface area (TPSA) is 47.6 Å². The molecule has 0 saturated carbocycles. The van der Waals surface area contributed by atoms with Crippen LogP contribution < -0.4 is 14.8 Å². The van der Waals surface area contributed by atoms with Crippen molar-refractivity contribution in [2.45, 2.75) is 64.9 Å². The lowest BCUT2D eigenvalue weighted by Gasteiger charge is -2.20. The number of amides is 1. The predicted octanol–water partition coefficient (Wildman–Crippen LogP) is 4.87. The molecule has 3 rings (SSSR count). The molecule has 0 radical (unpaired) electrons. The standard InChI is InChI=1S/C25H33NO3/c1-3-7-19-10-13-22(14-11-19)28-17-16-26-25(27)24(4-2)29-23-15-12-20-8-5-6-9-21(20)18-23/h10-15,18,24H,3-9,16-17H2,1-2H3,(H,26,27). The van der Waals surface area contributed by atoms with Crippen LogP contribution in [0.2, 0.25) is 0 Å². The Morgan fingerprint density at radius 2 is 1.72 bits per heavy atom. The second kappa shape index (κ2) is 10.9. The second-order valence-electron chi connectivity index (χ2n) is 7.69. The molecule has 0 saturated heterocycles. The van der Waals surface area contributed by atoms with E-state index in [1.54, 1.807) is 0 Å². The molecule has 0 heterocycles. The van der Waals surface area contributed by atoms with Crippen LogP contribution in [-0.4, -0.2) is 25.2 Å². The molecule has 156 valence electrons. The Bertz CT molecular complexity index is 785. The Labute approximate surface area is 174 Å². The summed E-state index contributed by atoms with van der Waals surface area (Å²) in [4.78, 5) is 12.5. The minimum absolute atomic E-state index is 0.0906. The Balaban J connectivity index is 1.43. The van der Waals surface area contributed by atoms with Crippen molar-refractivity contribution in [3.8, 4) is 11.5 Å². The molecule has 4 nitrogen and oxygen atoms in total. The van der Waals surface area contributed by atoms with Crippen LogP contribution in [0.3, 0.4) is 0 Å². The lowest BCUT2D eigenvalue weighted by molar-refractivity contribution is -0.128. The van der Waals surface area contributed by atoms with E-state index < -0.39 is 6.10 Å². The smallest absolute Gasteiger partial charge is 0.261 e. The highest BCUT2D eigenvalue weighted by Gasteiger charge is 2.19. The van der Waals surface area contributed by atoms with Gasteiger partial charge in [0.1, 0.15) is 18.1 Å². The van der Waals surface area contributed by atoms with Crippen molar-refractivity contribution in [3.63, 3.8) is 0 Å². The average Bonchev–Trinajstić information content (AvgIpc) is 2.76. The molecular weight excluding hydrogens is 362 g/mol. The number of nitrogens with one attached hydrogen (secondary N) is 1. The number of hydrogen-bond donors (Lipinski definition) is 1. The molecule has 0 fully saturated rings. The van der Waals surface area contributed by atoms with Crippen LogP contribution in [0, 0.1) is 0 Å². The van der Waals surface area contributed by atoms with Crippen molar-refractivity contribution >= 4 is 5.91 Å². The lowest BCUT2D eigenvalue weighted by Crippen LogP contribution is -2.39. The fourth-order valence-corrected chi connectivity index (χ4v) is 3.77. The summed E-state index contributed by atoms with van der Waals surface area (Å²) in [7, 11) is 0. The van der Waals surface area contributed by atoms with Gasteiger partial charge in [-0.05, 0) is 79.5 Å². The van der Waals surface area contributed by atoms with E-state index in [0.717, 1.165) is 37.2 Å². The zero-order chi connectivity index (χ0) is 20.5. The Morgan fingerprint density at radius 3 is 2.45 bits per heavy atom. The normalized spacial score (nSPS) is 14.0. The van der Waals surface area contributed by atoms with Crippen LogP contribution >= 0.6 is 0 Å². The number of carbonyl (C=O) groups excluding carboxylic acids is 1. The molecule has 1 atom stereocenters. The van der Waals surface area contributed by atoms with E-state index in [1.807, 2.05) is 25.1 Å². The third kappa shape index (κ3) is 6.25. The molecular formula is C25H33NO3. The second-order valence-corrected chi connectivity index (χ2v) is 7.69. The number of fused-ring (bicyclic) bond motifs is 1. The van der Waals surface area contributed by atoms with Crippen LogP contribution in [-0.2, 0) is 24.1 Å². The minimum Gasteiger partial charge on any atom is -0.492 e. The average molecular weight is 396 g/mol. The molecule has 2 aromatic rings. The maximum Gasteiger partial charge on any atom is 0.261 e. The number of benzene rings is 2. The van der Waals surface area contributed by atoms with Crippen LogP contribution in [0.25, 0.3) is 0 Å². The van der Waals surface area contributed by atoms with Gasteiger partial charge in [-0.15, -0.1) is 0 Å². The van der Waals surface area contributed by atoms with Crippen molar-refractivity contribution in [2.75, 3.05) is 13.2 Å². The van der Waals surface area contributed by atoms with Crippen molar-refractivity contribution in [1.29, 1.82) is 0 Å². The fourth-order valence-electron chi connectivity index (χ4n) is 3.77. The van der Waals surface area contributed by atoms with Gasteiger partial charge in [0.2, 0.25) is 0 Å². The maximum atomic E-state index is 12.5. The van der Waals surface area contributed by atoms with Gasteiger partial charge < -0.3 is 14.8 Å². The van der Waals surface area contributed by atoms with Gasteiger partial charge in [0.05, 0.1) is 6.54 Å². The van der Waals surface area contributed by atoms with E-state index in [1.165, 1.54) is 29.5 Å². The Morgan fingerprint density at radius 1 is 1.00 bits per heavy atom. The van der Waals surface area contributed by atoms with E-state index in [2.05, 4.69) is 36.5 Å². The SMILES string of the molecule is CCCc1ccc(OCCNC(=O)C(CC)Oc2ccc3c(c2)CCCC3)cc1. The quantitative estimate of drug-likeness (QED) is 0.584. The monoisotopic (exact) mass is 395 g/mol. The number of aryl methyl sites for hydroxylation is 3. The van der Waals surface area contributed by atoms with E-state index >= 15 is 0 Å². The molecule has 1 N–H and O–H groups in total. The summed E-state index contributed by atoms with van der Waals surface area (Å²) in [6.07, 6.45) is 7.11. The first-order valence-corrected chi connectivity index (χ1v) is 11.0. The first-order chi connectivity index (χ1) is 14.2. The molecule has 1 aliphatic rings. The number of carbonyl (C=O) groups is 1. The third-order valence-corrected chi connectivity index (χ3v) is 5.39. The summed E-state index contributed by atoms with van der Waals surface area (Å²) in [6, 6.07) is 14.4. The molecule has 0 aliphatic heterocycles. The molecule has 29 heavy (non-hydrogen) atoms. The number of hydrogen-bond acceptors (Lipinski definition) is 3. The highest BCUT2D eigenvalue weighted by atomic mass is 16.5. The van der Waals surface area contributed by atoms with Gasteiger partial charge in [0, 0.05) is 0 Å². The highest BCUT2D eigenvalue weighted by Crippen LogP contribution is 2.26. The lowest BCUT2D eigenvalue weighted by atomic mass is 9.92. The zero-order valence-electron chi connectivity index (χ0n) is 17.7. The van der Waals surface area contributed by atoms with Crippen molar-refractivity contribution < 1.29 is 14.3 Å². The fraction of sp³-hybridized carbons (Fsp3) is 0.480. The molecule has 0 spiro atoms. The zero-order valence-corrected chi connectivity index (χ0v) is 17.7. The molecule has 2 aromatic carbocycles. The van der Waals surface area contributed by atoms with Crippen LogP contribution in [0.5, 0.6) is 11.5 Å². The summed E-state index contributed by atoms with van der Waals surface area (Å²) in [5.74, 6) is 1.53. The van der Waals surface area contributed by atoms with Crippen molar-refractivity contribution in [3.05, 3.63) is 59.2 Å². The first-order valence-electron chi connectivity index (χ1n) is 11.0. The summed E-state index contributed by atoms with van der Waals surface area (Å²) in [5, 5.41) is 2.93. The molecule has 1 unspecified atom stereocenters. The van der Waals surface area contributed by atoms with Crippen LogP contribution in [0.15, 0.2) is 42.5 Å². The Kier molecular flexibility index (Phi) is 7.97. The van der Waals surface area contributed by atoms with Gasteiger partial charge in [-0.25, -0.2) is 0 Å². The molecule has 4 heteroatoms. The van der Waals surface area contributed by atoms with Crippen LogP contribution in [0.4, 0.5) is 0 Å². The minimum atomic E-state index is -0.482. The summed E-state index contributed by atoms with van der Waals surface area (Å²) in [6.45, 7) is 5.04. The van der Waals surface area contributed by atoms with Gasteiger partial charge in [0.25, 0.3) is 5.91 Å². The number of ether oxygens (including phenoxy) is 2. The summed E-state index contributed by atoms with van der Waals surface area (Å²) >= 11 is 0. The van der Waals surface area contributed by atoms with E-state index in [0.29, 0.717) is 19.6 Å². The third-order valence-electron chi connectivity index (χ3n) is 5.39. The van der Waals surface area contributed by atoms with Gasteiger partial charge in [-0.1, -0.05) is 38.5 Å². The molecule has 1 aliphatic carbocycles. The largest absolute Gasteiger partial charge is 0.492 e. The van der Waals surface area contributed by atoms with E-state index in [4.69, 9.17) is 9.47 Å². The Hall–Kier alpha value is -2.49. The van der Waals surface area contributed by atoms with Gasteiger partial charge >= 0.3 is 0 Å². The molecule has 0 bridgehead atoms. The van der Waals surface area contributed by atoms with Gasteiger partial charge in [-0.3, -0.25) is 4.79 Å². The first kappa shape index (κ1) is 21.2. The number of rotatable bonds is 10.